The minimum absolute atomic E-state index is 0.0948. The first-order valence-electron chi connectivity index (χ1n) is 6.01. The largest absolute Gasteiger partial charge is 0.480 e. The molecule has 1 amide bonds. The minimum atomic E-state index is -4.09. The van der Waals surface area contributed by atoms with Crippen molar-refractivity contribution in [2.24, 2.45) is 0 Å². The van der Waals surface area contributed by atoms with Crippen LogP contribution in [-0.4, -0.2) is 50.2 Å². The Kier molecular flexibility index (Phi) is 3.99. The van der Waals surface area contributed by atoms with Crippen molar-refractivity contribution < 1.29 is 28.2 Å². The number of rotatable bonds is 5. The van der Waals surface area contributed by atoms with E-state index in [0.29, 0.717) is 11.3 Å². The van der Waals surface area contributed by atoms with Crippen LogP contribution in [0.5, 0.6) is 0 Å². The highest BCUT2D eigenvalue weighted by Crippen LogP contribution is 2.29. The number of aliphatic carboxylic acids is 1. The van der Waals surface area contributed by atoms with Crippen LogP contribution in [0.15, 0.2) is 23.1 Å². The fraction of sp³-hybridized carbons (Fsp3) is 0.333. The second-order valence-corrected chi connectivity index (χ2v) is 6.33. The van der Waals surface area contributed by atoms with E-state index in [1.165, 1.54) is 23.1 Å². The number of carboxylic acid groups (broad SMARTS) is 1. The van der Waals surface area contributed by atoms with E-state index in [2.05, 4.69) is 0 Å². The zero-order valence-electron chi connectivity index (χ0n) is 11.1. The first kappa shape index (κ1) is 15.4. The molecule has 114 valence electrons. The maximum absolute atomic E-state index is 12.1. The molecule has 1 unspecified atom stereocenters. The third kappa shape index (κ3) is 2.89. The molecule has 1 aromatic carbocycles. The van der Waals surface area contributed by atoms with Gasteiger partial charge in [0, 0.05) is 12.7 Å². The van der Waals surface area contributed by atoms with E-state index in [1.807, 2.05) is 4.72 Å². The summed E-state index contributed by atoms with van der Waals surface area (Å²) in [6, 6.07) is 2.48. The van der Waals surface area contributed by atoms with Crippen LogP contribution in [0.1, 0.15) is 5.56 Å². The Balaban J connectivity index is 2.33. The molecule has 3 N–H and O–H groups in total. The van der Waals surface area contributed by atoms with Crippen molar-refractivity contribution in [1.82, 2.24) is 4.72 Å². The number of benzene rings is 1. The number of anilines is 1. The van der Waals surface area contributed by atoms with Gasteiger partial charge in [0.2, 0.25) is 15.9 Å². The molecule has 0 radical (unpaired) electrons. The highest BCUT2D eigenvalue weighted by Gasteiger charge is 2.28. The van der Waals surface area contributed by atoms with Crippen molar-refractivity contribution in [3.05, 3.63) is 23.8 Å². The van der Waals surface area contributed by atoms with Crippen LogP contribution < -0.4 is 9.62 Å². The lowest BCUT2D eigenvalue weighted by Crippen LogP contribution is -2.43. The number of sulfonamides is 1. The molecule has 0 bridgehead atoms. The van der Waals surface area contributed by atoms with Gasteiger partial charge in [0.05, 0.1) is 17.9 Å². The van der Waals surface area contributed by atoms with Gasteiger partial charge in [-0.15, -0.1) is 0 Å². The summed E-state index contributed by atoms with van der Waals surface area (Å²) in [5.41, 5.74) is 1.18. The van der Waals surface area contributed by atoms with Crippen LogP contribution in [0.2, 0.25) is 0 Å². The molecule has 0 fully saturated rings. The van der Waals surface area contributed by atoms with E-state index in [1.54, 1.807) is 7.05 Å². The number of carbonyl (C=O) groups is 2. The predicted molar refractivity (Wildman–Crippen MR) is 72.4 cm³/mol. The molecule has 0 saturated heterocycles. The summed E-state index contributed by atoms with van der Waals surface area (Å²) >= 11 is 0. The molecule has 21 heavy (non-hydrogen) atoms. The number of nitrogens with zero attached hydrogens (tertiary/aromatic N) is 1. The van der Waals surface area contributed by atoms with Crippen molar-refractivity contribution in [3.63, 3.8) is 0 Å². The molecule has 1 aliphatic heterocycles. The van der Waals surface area contributed by atoms with Crippen molar-refractivity contribution >= 4 is 27.6 Å². The molecule has 1 heterocycles. The third-order valence-electron chi connectivity index (χ3n) is 3.22. The maximum atomic E-state index is 12.1. The van der Waals surface area contributed by atoms with E-state index in [-0.39, 0.29) is 17.2 Å². The number of carbonyl (C=O) groups excluding carboxylic acids is 1. The third-order valence-corrected chi connectivity index (χ3v) is 4.69. The Hall–Kier alpha value is -1.97. The van der Waals surface area contributed by atoms with Gasteiger partial charge in [-0.2, -0.15) is 4.72 Å². The van der Waals surface area contributed by atoms with Gasteiger partial charge < -0.3 is 15.1 Å². The summed E-state index contributed by atoms with van der Waals surface area (Å²) in [5, 5.41) is 17.6. The zero-order chi connectivity index (χ0) is 15.8. The molecular weight excluding hydrogens is 300 g/mol. The smallest absolute Gasteiger partial charge is 0.324 e. The number of fused-ring (bicyclic) bond motifs is 1. The van der Waals surface area contributed by atoms with Gasteiger partial charge in [-0.05, 0) is 23.8 Å². The molecule has 0 aliphatic carbocycles. The van der Waals surface area contributed by atoms with Gasteiger partial charge in [-0.3, -0.25) is 9.59 Å². The molecule has 8 nitrogen and oxygen atoms in total. The van der Waals surface area contributed by atoms with Crippen molar-refractivity contribution in [2.45, 2.75) is 17.4 Å². The molecule has 1 aliphatic rings. The minimum Gasteiger partial charge on any atom is -0.480 e. The molecule has 1 aromatic rings. The van der Waals surface area contributed by atoms with Gasteiger partial charge in [0.15, 0.2) is 0 Å². The number of nitrogens with one attached hydrogen (secondary N) is 1. The second kappa shape index (κ2) is 5.43. The summed E-state index contributed by atoms with van der Waals surface area (Å²) in [4.78, 5) is 23.6. The summed E-state index contributed by atoms with van der Waals surface area (Å²) < 4.78 is 26.1. The van der Waals surface area contributed by atoms with Gasteiger partial charge in [-0.1, -0.05) is 0 Å². The Labute approximate surface area is 121 Å². The zero-order valence-corrected chi connectivity index (χ0v) is 11.9. The van der Waals surface area contributed by atoms with Crippen LogP contribution in [0.4, 0.5) is 5.69 Å². The molecule has 1 atom stereocenters. The van der Waals surface area contributed by atoms with Crippen molar-refractivity contribution in [2.75, 3.05) is 18.6 Å². The fourth-order valence-electron chi connectivity index (χ4n) is 2.03. The summed E-state index contributed by atoms with van der Waals surface area (Å²) in [6.07, 6.45) is 0.0948. The molecule has 9 heteroatoms. The van der Waals surface area contributed by atoms with Crippen LogP contribution in [0.3, 0.4) is 0 Å². The normalized spacial score (nSPS) is 15.9. The molecule has 0 saturated carbocycles. The van der Waals surface area contributed by atoms with Gasteiger partial charge in [-0.25, -0.2) is 8.42 Å². The second-order valence-electron chi connectivity index (χ2n) is 4.61. The topological polar surface area (TPSA) is 124 Å². The number of hydrogen-bond donors (Lipinski definition) is 3. The molecule has 0 spiro atoms. The number of likely N-dealkylation sites (N-methyl/N-ethyl adjacent to an activating group) is 1. The van der Waals surface area contributed by atoms with Crippen LogP contribution in [0, 0.1) is 0 Å². The monoisotopic (exact) mass is 314 g/mol. The quantitative estimate of drug-likeness (QED) is 0.636. The lowest BCUT2D eigenvalue weighted by atomic mass is 10.2. The standard InChI is InChI=1S/C12H14N2O6S/c1-14-10-3-2-8(4-7(10)5-11(14)16)21(19,20)13-9(6-15)12(17)18/h2-4,9,13,15H,5-6H2,1H3,(H,17,18). The van der Waals surface area contributed by atoms with E-state index in [9.17, 15) is 18.0 Å². The van der Waals surface area contributed by atoms with E-state index < -0.39 is 28.6 Å². The van der Waals surface area contributed by atoms with Crippen LogP contribution in [-0.2, 0) is 26.0 Å². The predicted octanol–water partition coefficient (Wildman–Crippen LogP) is -1.07. The average molecular weight is 314 g/mol. The van der Waals surface area contributed by atoms with E-state index >= 15 is 0 Å². The number of hydrogen-bond acceptors (Lipinski definition) is 5. The highest BCUT2D eigenvalue weighted by atomic mass is 32.2. The molecule has 2 rings (SSSR count). The maximum Gasteiger partial charge on any atom is 0.324 e. The van der Waals surface area contributed by atoms with Crippen molar-refractivity contribution in [3.8, 4) is 0 Å². The lowest BCUT2D eigenvalue weighted by Gasteiger charge is -2.14. The number of aliphatic hydroxyl groups excluding tert-OH is 1. The van der Waals surface area contributed by atoms with Gasteiger partial charge in [0.1, 0.15) is 6.04 Å². The Morgan fingerprint density at radius 3 is 2.71 bits per heavy atom. The first-order valence-corrected chi connectivity index (χ1v) is 7.50. The lowest BCUT2D eigenvalue weighted by molar-refractivity contribution is -0.139. The van der Waals surface area contributed by atoms with Crippen molar-refractivity contribution in [1.29, 1.82) is 0 Å². The Morgan fingerprint density at radius 2 is 2.14 bits per heavy atom. The summed E-state index contributed by atoms with van der Waals surface area (Å²) in [5.74, 6) is -1.62. The number of amides is 1. The Bertz CT molecular complexity index is 700. The Morgan fingerprint density at radius 1 is 1.48 bits per heavy atom. The molecule has 0 aromatic heterocycles. The summed E-state index contributed by atoms with van der Waals surface area (Å²) in [6.45, 7) is -0.860. The van der Waals surface area contributed by atoms with Crippen LogP contribution in [0.25, 0.3) is 0 Å². The van der Waals surface area contributed by atoms with Crippen LogP contribution >= 0.6 is 0 Å². The van der Waals surface area contributed by atoms with E-state index in [0.717, 1.165) is 0 Å². The summed E-state index contributed by atoms with van der Waals surface area (Å²) in [7, 11) is -2.50. The van der Waals surface area contributed by atoms with E-state index in [4.69, 9.17) is 10.2 Å². The fourth-order valence-corrected chi connectivity index (χ4v) is 3.27. The SMILES string of the molecule is CN1C(=O)Cc2cc(S(=O)(=O)NC(CO)C(=O)O)ccc21. The van der Waals surface area contributed by atoms with Gasteiger partial charge >= 0.3 is 5.97 Å². The molecular formula is C12H14N2O6S. The number of aliphatic hydroxyl groups is 1. The highest BCUT2D eigenvalue weighted by molar-refractivity contribution is 7.89. The average Bonchev–Trinajstić information content (AvgIpc) is 2.70. The first-order chi connectivity index (χ1) is 9.76. The van der Waals surface area contributed by atoms with Gasteiger partial charge in [0.25, 0.3) is 0 Å². The number of carboxylic acids is 1.